The molecule has 0 spiro atoms. The number of imidazole rings is 1. The zero-order valence-electron chi connectivity index (χ0n) is 12.3. The van der Waals surface area contributed by atoms with Crippen molar-refractivity contribution >= 4 is 15.9 Å². The van der Waals surface area contributed by atoms with Crippen molar-refractivity contribution < 1.29 is 9.47 Å². The standard InChI is InChI=1S/C15H20BrN3O2/c1-20-13-9-11(8-12(16)15(13)21-2)10-17-5-3-4-14-18-6-7-19-14/h6-9,17H,3-5,10H2,1-2H3,(H,18,19). The number of nitrogens with one attached hydrogen (secondary N) is 2. The summed E-state index contributed by atoms with van der Waals surface area (Å²) >= 11 is 3.50. The molecule has 1 heterocycles. The van der Waals surface area contributed by atoms with Crippen LogP contribution < -0.4 is 14.8 Å². The van der Waals surface area contributed by atoms with Crippen molar-refractivity contribution in [2.24, 2.45) is 0 Å². The largest absolute Gasteiger partial charge is 0.493 e. The van der Waals surface area contributed by atoms with Crippen LogP contribution in [0.5, 0.6) is 11.5 Å². The Labute approximate surface area is 133 Å². The fourth-order valence-corrected chi connectivity index (χ4v) is 2.77. The normalized spacial score (nSPS) is 10.6. The molecule has 0 fully saturated rings. The molecular formula is C15H20BrN3O2. The maximum Gasteiger partial charge on any atom is 0.174 e. The highest BCUT2D eigenvalue weighted by Crippen LogP contribution is 2.36. The summed E-state index contributed by atoms with van der Waals surface area (Å²) in [4.78, 5) is 7.31. The highest BCUT2D eigenvalue weighted by atomic mass is 79.9. The zero-order valence-corrected chi connectivity index (χ0v) is 13.9. The number of aromatic amines is 1. The molecule has 0 unspecified atom stereocenters. The summed E-state index contributed by atoms with van der Waals surface area (Å²) in [7, 11) is 3.28. The van der Waals surface area contributed by atoms with E-state index >= 15 is 0 Å². The van der Waals surface area contributed by atoms with Crippen LogP contribution in [0, 0.1) is 0 Å². The number of halogens is 1. The second-order valence-electron chi connectivity index (χ2n) is 4.63. The van der Waals surface area contributed by atoms with Crippen molar-refractivity contribution in [3.8, 4) is 11.5 Å². The minimum atomic E-state index is 0.721. The van der Waals surface area contributed by atoms with Crippen molar-refractivity contribution in [2.75, 3.05) is 20.8 Å². The number of benzene rings is 1. The van der Waals surface area contributed by atoms with E-state index in [1.165, 1.54) is 0 Å². The second kappa shape index (κ2) is 8.05. The summed E-state index contributed by atoms with van der Waals surface area (Å²) in [6.45, 7) is 1.73. The van der Waals surface area contributed by atoms with Crippen LogP contribution in [0.1, 0.15) is 17.8 Å². The van der Waals surface area contributed by atoms with Crippen LogP contribution in [0.4, 0.5) is 0 Å². The van der Waals surface area contributed by atoms with E-state index in [9.17, 15) is 0 Å². The summed E-state index contributed by atoms with van der Waals surface area (Å²) in [5, 5.41) is 3.42. The van der Waals surface area contributed by atoms with Crippen LogP contribution in [-0.4, -0.2) is 30.7 Å². The number of aromatic nitrogens is 2. The van der Waals surface area contributed by atoms with Gasteiger partial charge in [-0.1, -0.05) is 0 Å². The smallest absolute Gasteiger partial charge is 0.174 e. The van der Waals surface area contributed by atoms with E-state index in [0.717, 1.165) is 53.3 Å². The Morgan fingerprint density at radius 3 is 2.81 bits per heavy atom. The molecule has 0 aliphatic heterocycles. The lowest BCUT2D eigenvalue weighted by molar-refractivity contribution is 0.352. The molecule has 21 heavy (non-hydrogen) atoms. The molecule has 1 aromatic heterocycles. The van der Waals surface area contributed by atoms with Crippen LogP contribution in [0.3, 0.4) is 0 Å². The van der Waals surface area contributed by atoms with Crippen molar-refractivity contribution in [1.29, 1.82) is 0 Å². The van der Waals surface area contributed by atoms with Gasteiger partial charge in [0.25, 0.3) is 0 Å². The van der Waals surface area contributed by atoms with Crippen molar-refractivity contribution in [3.05, 3.63) is 40.4 Å². The summed E-state index contributed by atoms with van der Waals surface area (Å²) in [6, 6.07) is 4.03. The van der Waals surface area contributed by atoms with Gasteiger partial charge in [-0.3, -0.25) is 0 Å². The predicted molar refractivity (Wildman–Crippen MR) is 85.9 cm³/mol. The summed E-state index contributed by atoms with van der Waals surface area (Å²) in [5.41, 5.74) is 1.15. The van der Waals surface area contributed by atoms with Gasteiger partial charge in [-0.25, -0.2) is 4.98 Å². The third-order valence-corrected chi connectivity index (χ3v) is 3.73. The maximum atomic E-state index is 5.34. The number of H-pyrrole nitrogens is 1. The van der Waals surface area contributed by atoms with Crippen LogP contribution in [0.15, 0.2) is 29.0 Å². The van der Waals surface area contributed by atoms with Gasteiger partial charge in [0.05, 0.1) is 18.7 Å². The Morgan fingerprint density at radius 1 is 1.29 bits per heavy atom. The highest BCUT2D eigenvalue weighted by Gasteiger charge is 2.10. The molecule has 0 bridgehead atoms. The number of hydrogen-bond acceptors (Lipinski definition) is 4. The summed E-state index contributed by atoms with van der Waals surface area (Å²) < 4.78 is 11.5. The van der Waals surface area contributed by atoms with E-state index in [0.29, 0.717) is 0 Å². The molecule has 0 saturated carbocycles. The van der Waals surface area contributed by atoms with E-state index in [-0.39, 0.29) is 0 Å². The quantitative estimate of drug-likeness (QED) is 0.716. The molecular weight excluding hydrogens is 334 g/mol. The third kappa shape index (κ3) is 4.47. The summed E-state index contributed by atoms with van der Waals surface area (Å²) in [6.07, 6.45) is 5.63. The fourth-order valence-electron chi connectivity index (χ4n) is 2.12. The highest BCUT2D eigenvalue weighted by molar-refractivity contribution is 9.10. The van der Waals surface area contributed by atoms with Gasteiger partial charge in [0.15, 0.2) is 11.5 Å². The molecule has 0 atom stereocenters. The van der Waals surface area contributed by atoms with Gasteiger partial charge < -0.3 is 19.8 Å². The monoisotopic (exact) mass is 353 g/mol. The third-order valence-electron chi connectivity index (χ3n) is 3.14. The Hall–Kier alpha value is -1.53. The minimum Gasteiger partial charge on any atom is -0.493 e. The SMILES string of the molecule is COc1cc(CNCCCc2ncc[nH]2)cc(Br)c1OC. The number of nitrogens with zero attached hydrogens (tertiary/aromatic N) is 1. The first-order valence-corrected chi connectivity index (χ1v) is 7.63. The number of hydrogen-bond donors (Lipinski definition) is 2. The van der Waals surface area contributed by atoms with Gasteiger partial charge >= 0.3 is 0 Å². The molecule has 2 rings (SSSR count). The van der Waals surface area contributed by atoms with E-state index in [1.807, 2.05) is 18.3 Å². The lowest BCUT2D eigenvalue weighted by Crippen LogP contribution is -2.15. The van der Waals surface area contributed by atoms with Crippen LogP contribution >= 0.6 is 15.9 Å². The van der Waals surface area contributed by atoms with Crippen molar-refractivity contribution in [3.63, 3.8) is 0 Å². The van der Waals surface area contributed by atoms with Crippen LogP contribution in [0.25, 0.3) is 0 Å². The Bertz CT molecular complexity index is 558. The van der Waals surface area contributed by atoms with Gasteiger partial charge in [-0.15, -0.1) is 0 Å². The molecule has 0 aliphatic carbocycles. The van der Waals surface area contributed by atoms with Crippen LogP contribution in [0.2, 0.25) is 0 Å². The molecule has 0 radical (unpaired) electrons. The lowest BCUT2D eigenvalue weighted by Gasteiger charge is -2.12. The van der Waals surface area contributed by atoms with Crippen LogP contribution in [-0.2, 0) is 13.0 Å². The molecule has 2 N–H and O–H groups in total. The molecule has 2 aromatic rings. The molecule has 0 amide bonds. The molecule has 5 nitrogen and oxygen atoms in total. The molecule has 114 valence electrons. The second-order valence-corrected chi connectivity index (χ2v) is 5.48. The number of rotatable bonds is 8. The van der Waals surface area contributed by atoms with E-state index in [1.54, 1.807) is 20.4 Å². The van der Waals surface area contributed by atoms with Crippen molar-refractivity contribution in [1.82, 2.24) is 15.3 Å². The van der Waals surface area contributed by atoms with E-state index < -0.39 is 0 Å². The average molecular weight is 354 g/mol. The number of aryl methyl sites for hydroxylation is 1. The number of methoxy groups -OCH3 is 2. The lowest BCUT2D eigenvalue weighted by atomic mass is 10.2. The minimum absolute atomic E-state index is 0.721. The topological polar surface area (TPSA) is 59.2 Å². The Morgan fingerprint density at radius 2 is 2.14 bits per heavy atom. The molecule has 1 aromatic carbocycles. The predicted octanol–water partition coefficient (Wildman–Crippen LogP) is 2.91. The first-order valence-electron chi connectivity index (χ1n) is 6.84. The fraction of sp³-hybridized carbons (Fsp3) is 0.400. The summed E-state index contributed by atoms with van der Waals surface area (Å²) in [5.74, 6) is 2.49. The van der Waals surface area contributed by atoms with Gasteiger partial charge in [0.2, 0.25) is 0 Å². The maximum absolute atomic E-state index is 5.34. The van der Waals surface area contributed by atoms with Gasteiger partial charge in [-0.2, -0.15) is 0 Å². The number of ether oxygens (including phenoxy) is 2. The first kappa shape index (κ1) is 15.9. The van der Waals surface area contributed by atoms with Crippen molar-refractivity contribution in [2.45, 2.75) is 19.4 Å². The zero-order chi connectivity index (χ0) is 15.1. The Kier molecular flexibility index (Phi) is 6.07. The molecule has 0 saturated heterocycles. The average Bonchev–Trinajstić information content (AvgIpc) is 2.99. The Balaban J connectivity index is 1.81. The van der Waals surface area contributed by atoms with E-state index in [4.69, 9.17) is 9.47 Å². The molecule has 6 heteroatoms. The van der Waals surface area contributed by atoms with Gasteiger partial charge in [-0.05, 0) is 46.6 Å². The van der Waals surface area contributed by atoms with E-state index in [2.05, 4.69) is 31.2 Å². The van der Waals surface area contributed by atoms with Gasteiger partial charge in [0, 0.05) is 25.4 Å². The van der Waals surface area contributed by atoms with Gasteiger partial charge in [0.1, 0.15) is 5.82 Å². The molecule has 0 aliphatic rings. The first-order chi connectivity index (χ1) is 10.2.